The van der Waals surface area contributed by atoms with E-state index < -0.39 is 0 Å². The summed E-state index contributed by atoms with van der Waals surface area (Å²) in [4.78, 5) is 9.46. The number of hydrogen-bond donors (Lipinski definition) is 1. The highest BCUT2D eigenvalue weighted by Gasteiger charge is 2.26. The van der Waals surface area contributed by atoms with Crippen molar-refractivity contribution < 1.29 is 5.11 Å². The molecule has 1 saturated heterocycles. The molecule has 0 spiro atoms. The van der Waals surface area contributed by atoms with Crippen LogP contribution >= 0.6 is 11.3 Å². The summed E-state index contributed by atoms with van der Waals surface area (Å²) in [6.07, 6.45) is -0.258. The van der Waals surface area contributed by atoms with Crippen LogP contribution in [0.2, 0.25) is 0 Å². The highest BCUT2D eigenvalue weighted by molar-refractivity contribution is 7.22. The lowest BCUT2D eigenvalue weighted by Gasteiger charge is -2.40. The lowest BCUT2D eigenvalue weighted by Crippen LogP contribution is -2.53. The summed E-state index contributed by atoms with van der Waals surface area (Å²) < 4.78 is 1.25. The fourth-order valence-electron chi connectivity index (χ4n) is 2.77. The van der Waals surface area contributed by atoms with E-state index in [1.54, 1.807) is 11.3 Å². The zero-order valence-electron chi connectivity index (χ0n) is 12.0. The van der Waals surface area contributed by atoms with Gasteiger partial charge in [-0.05, 0) is 26.0 Å². The molecular weight excluding hydrogens is 270 g/mol. The number of rotatable bonds is 3. The maximum absolute atomic E-state index is 9.54. The van der Waals surface area contributed by atoms with E-state index >= 15 is 0 Å². The number of benzene rings is 1. The molecule has 4 nitrogen and oxygen atoms in total. The summed E-state index contributed by atoms with van der Waals surface area (Å²) in [5.74, 6) is 0. The van der Waals surface area contributed by atoms with Crippen molar-refractivity contribution in [2.24, 2.45) is 0 Å². The third kappa shape index (κ3) is 2.80. The third-order valence-electron chi connectivity index (χ3n) is 3.82. The van der Waals surface area contributed by atoms with Gasteiger partial charge in [0.25, 0.3) is 0 Å². The Morgan fingerprint density at radius 1 is 1.40 bits per heavy atom. The second-order valence-corrected chi connectivity index (χ2v) is 6.61. The van der Waals surface area contributed by atoms with E-state index in [0.717, 1.165) is 36.8 Å². The van der Waals surface area contributed by atoms with Gasteiger partial charge in [-0.15, -0.1) is 0 Å². The van der Waals surface area contributed by atoms with Gasteiger partial charge in [0.2, 0.25) is 0 Å². The average molecular weight is 291 g/mol. The van der Waals surface area contributed by atoms with Gasteiger partial charge in [-0.3, -0.25) is 4.90 Å². The van der Waals surface area contributed by atoms with Gasteiger partial charge in [-0.1, -0.05) is 23.5 Å². The third-order valence-corrected chi connectivity index (χ3v) is 4.91. The summed E-state index contributed by atoms with van der Waals surface area (Å²) in [7, 11) is 0. The first-order chi connectivity index (χ1) is 9.63. The Morgan fingerprint density at radius 2 is 2.20 bits per heavy atom. The monoisotopic (exact) mass is 291 g/mol. The molecule has 2 aromatic rings. The highest BCUT2D eigenvalue weighted by Crippen LogP contribution is 2.29. The maximum atomic E-state index is 9.54. The van der Waals surface area contributed by atoms with Gasteiger partial charge in [0, 0.05) is 32.2 Å². The largest absolute Gasteiger partial charge is 0.392 e. The first kappa shape index (κ1) is 13.8. The van der Waals surface area contributed by atoms with Crippen LogP contribution < -0.4 is 4.90 Å². The molecule has 1 aromatic carbocycles. The van der Waals surface area contributed by atoms with Crippen molar-refractivity contribution in [3.05, 3.63) is 24.3 Å². The quantitative estimate of drug-likeness (QED) is 0.941. The summed E-state index contributed by atoms with van der Waals surface area (Å²) in [6.45, 7) is 7.79. The Balaban J connectivity index is 1.73. The van der Waals surface area contributed by atoms with E-state index in [1.807, 2.05) is 13.0 Å². The van der Waals surface area contributed by atoms with Gasteiger partial charge in [0.1, 0.15) is 0 Å². The number of aromatic nitrogens is 1. The van der Waals surface area contributed by atoms with Crippen LogP contribution in [0.1, 0.15) is 13.8 Å². The fraction of sp³-hybridized carbons (Fsp3) is 0.533. The van der Waals surface area contributed by atoms with E-state index in [4.69, 9.17) is 4.98 Å². The lowest BCUT2D eigenvalue weighted by atomic mass is 10.2. The zero-order chi connectivity index (χ0) is 14.1. The Kier molecular flexibility index (Phi) is 3.92. The smallest absolute Gasteiger partial charge is 0.186 e. The number of anilines is 1. The van der Waals surface area contributed by atoms with Gasteiger partial charge < -0.3 is 10.0 Å². The molecule has 0 unspecified atom stereocenters. The molecule has 5 heteroatoms. The van der Waals surface area contributed by atoms with Crippen LogP contribution in [0.3, 0.4) is 0 Å². The van der Waals surface area contributed by atoms with E-state index in [2.05, 4.69) is 34.9 Å². The Labute approximate surface area is 123 Å². The summed E-state index contributed by atoms with van der Waals surface area (Å²) >= 11 is 1.77. The van der Waals surface area contributed by atoms with Crippen molar-refractivity contribution in [3.63, 3.8) is 0 Å². The number of β-amino-alcohol motifs (C(OH)–C–C–N with tert-alkyl or cyclic N) is 1. The van der Waals surface area contributed by atoms with Gasteiger partial charge >= 0.3 is 0 Å². The van der Waals surface area contributed by atoms with Crippen molar-refractivity contribution in [3.8, 4) is 0 Å². The molecular formula is C15H21N3OS. The van der Waals surface area contributed by atoms with Crippen molar-refractivity contribution >= 4 is 26.7 Å². The number of piperazine rings is 1. The number of para-hydroxylation sites is 1. The molecule has 1 aromatic heterocycles. The molecule has 3 rings (SSSR count). The predicted octanol–water partition coefficient (Wildman–Crippen LogP) is 2.19. The van der Waals surface area contributed by atoms with E-state index in [0.29, 0.717) is 6.04 Å². The van der Waals surface area contributed by atoms with Crippen molar-refractivity contribution in [1.82, 2.24) is 9.88 Å². The van der Waals surface area contributed by atoms with Crippen LogP contribution in [0.15, 0.2) is 24.3 Å². The second-order valence-electron chi connectivity index (χ2n) is 5.60. The molecule has 1 aliphatic rings. The number of hydrogen-bond acceptors (Lipinski definition) is 5. The van der Waals surface area contributed by atoms with Gasteiger partial charge in [0.05, 0.1) is 16.3 Å². The SMILES string of the molecule is C[C@@H]1CN(c2nc3ccccc3s2)CCN1C[C@@H](C)O. The Morgan fingerprint density at radius 3 is 2.90 bits per heavy atom. The number of fused-ring (bicyclic) bond motifs is 1. The van der Waals surface area contributed by atoms with Crippen molar-refractivity contribution in [1.29, 1.82) is 0 Å². The Hall–Kier alpha value is -1.17. The molecule has 0 saturated carbocycles. The standard InChI is InChI=1S/C15H21N3OS/c1-11-9-18(8-7-17(11)10-12(2)19)15-16-13-5-3-4-6-14(13)20-15/h3-6,11-12,19H,7-10H2,1-2H3/t11-,12-/m1/s1. The molecule has 108 valence electrons. The van der Waals surface area contributed by atoms with Crippen LogP contribution in [0.25, 0.3) is 10.2 Å². The summed E-state index contributed by atoms with van der Waals surface area (Å²) in [6, 6.07) is 8.75. The molecule has 0 amide bonds. The number of nitrogens with zero attached hydrogens (tertiary/aromatic N) is 3. The first-order valence-electron chi connectivity index (χ1n) is 7.16. The molecule has 1 fully saturated rings. The van der Waals surface area contributed by atoms with Crippen LogP contribution in [0.4, 0.5) is 5.13 Å². The highest BCUT2D eigenvalue weighted by atomic mass is 32.1. The number of thiazole rings is 1. The molecule has 0 aliphatic carbocycles. The number of aliphatic hydroxyl groups excluding tert-OH is 1. The van der Waals surface area contributed by atoms with Crippen LogP contribution in [0.5, 0.6) is 0 Å². The summed E-state index contributed by atoms with van der Waals surface area (Å²) in [5, 5.41) is 10.7. The normalized spacial score (nSPS) is 22.4. The van der Waals surface area contributed by atoms with Gasteiger partial charge in [-0.25, -0.2) is 4.98 Å². The summed E-state index contributed by atoms with van der Waals surface area (Å²) in [5.41, 5.74) is 1.09. The fourth-order valence-corrected chi connectivity index (χ4v) is 3.78. The molecule has 2 atom stereocenters. The van der Waals surface area contributed by atoms with Crippen LogP contribution in [-0.2, 0) is 0 Å². The van der Waals surface area contributed by atoms with Crippen molar-refractivity contribution in [2.45, 2.75) is 26.0 Å². The minimum Gasteiger partial charge on any atom is -0.392 e. The van der Waals surface area contributed by atoms with Gasteiger partial charge in [0.15, 0.2) is 5.13 Å². The van der Waals surface area contributed by atoms with E-state index in [-0.39, 0.29) is 6.10 Å². The topological polar surface area (TPSA) is 39.6 Å². The number of aliphatic hydroxyl groups is 1. The molecule has 1 N–H and O–H groups in total. The molecule has 1 aliphatic heterocycles. The molecule has 2 heterocycles. The minimum atomic E-state index is -0.258. The molecule has 20 heavy (non-hydrogen) atoms. The van der Waals surface area contributed by atoms with Crippen molar-refractivity contribution in [2.75, 3.05) is 31.1 Å². The predicted molar refractivity (Wildman–Crippen MR) is 84.5 cm³/mol. The maximum Gasteiger partial charge on any atom is 0.186 e. The zero-order valence-corrected chi connectivity index (χ0v) is 12.8. The van der Waals surface area contributed by atoms with Crippen LogP contribution in [0, 0.1) is 0 Å². The second kappa shape index (κ2) is 5.68. The Bertz CT molecular complexity index is 550. The lowest BCUT2D eigenvalue weighted by molar-refractivity contribution is 0.0960. The first-order valence-corrected chi connectivity index (χ1v) is 7.98. The molecule has 0 radical (unpaired) electrons. The van der Waals surface area contributed by atoms with E-state index in [9.17, 15) is 5.11 Å². The van der Waals surface area contributed by atoms with Crippen LogP contribution in [-0.4, -0.2) is 53.3 Å². The van der Waals surface area contributed by atoms with E-state index in [1.165, 1.54) is 4.70 Å². The minimum absolute atomic E-state index is 0.258. The van der Waals surface area contributed by atoms with Gasteiger partial charge in [-0.2, -0.15) is 0 Å². The average Bonchev–Trinajstić information content (AvgIpc) is 2.84. The molecule has 0 bridgehead atoms.